The summed E-state index contributed by atoms with van der Waals surface area (Å²) < 4.78 is 0. The largest absolute Gasteiger partial charge is 2.00 e. The Morgan fingerprint density at radius 3 is 1.00 bits per heavy atom. The van der Waals surface area contributed by atoms with Gasteiger partial charge in [-0.2, -0.15) is 0 Å². The molecule has 9 heteroatoms. The molecular weight excluding hydrogens is 164 g/mol. The van der Waals surface area contributed by atoms with Gasteiger partial charge in [0.15, 0.2) is 0 Å². The second-order valence-corrected chi connectivity index (χ2v) is 0.476. The molecule has 0 saturated heterocycles. The molecule has 0 amide bonds. The van der Waals surface area contributed by atoms with Crippen LogP contribution >= 0.6 is 0 Å². The van der Waals surface area contributed by atoms with Gasteiger partial charge in [0.2, 0.25) is 0 Å². The first-order chi connectivity index (χ1) is 3.46. The minimum absolute atomic E-state index is 0. The van der Waals surface area contributed by atoms with E-state index in [4.69, 9.17) is 30.6 Å². The maximum atomic E-state index is 8.36. The molecule has 0 heterocycles. The number of hydrogen-bond acceptors (Lipinski definition) is 4. The maximum absolute atomic E-state index is 8.36. The minimum atomic E-state index is -1.50. The van der Waals surface area contributed by atoms with Crippen LogP contribution in [-0.4, -0.2) is 58.3 Å². The fraction of sp³-hybridized carbons (Fsp3) is 0. The first-order valence-electron chi connectivity index (χ1n) is 1.13. The van der Waals surface area contributed by atoms with Gasteiger partial charge in [-0.3, -0.25) is 0 Å². The smallest absolute Gasteiger partial charge is 0.328 e. The van der Waals surface area contributed by atoms with Gasteiger partial charge in [-0.05, 0) is 0 Å². The van der Waals surface area contributed by atoms with Crippen LogP contribution in [0.15, 0.2) is 0 Å². The van der Waals surface area contributed by atoms with E-state index in [1.165, 1.54) is 0 Å². The second kappa shape index (κ2) is 10.6. The predicted octanol–water partition coefficient (Wildman–Crippen LogP) is -1.08. The van der Waals surface area contributed by atoms with E-state index in [0.717, 1.165) is 0 Å². The zero-order valence-electron chi connectivity index (χ0n) is 4.13. The SMILES string of the molecule is O=[N+]([O-])O.O=[N+]([O-])O.[Ca+2]. The molecule has 8 nitrogen and oxygen atoms in total. The number of nitrogens with zero attached hydrogens (tertiary/aromatic N) is 2. The van der Waals surface area contributed by atoms with Gasteiger partial charge in [0, 0.05) is 0 Å². The molecule has 0 unspecified atom stereocenters. The van der Waals surface area contributed by atoms with E-state index in [1.807, 2.05) is 0 Å². The van der Waals surface area contributed by atoms with Crippen LogP contribution in [0.2, 0.25) is 0 Å². The monoisotopic (exact) mass is 166 g/mol. The average molecular weight is 166 g/mol. The van der Waals surface area contributed by atoms with Gasteiger partial charge in [0.25, 0.3) is 10.2 Å². The van der Waals surface area contributed by atoms with Crippen LogP contribution < -0.4 is 0 Å². The zero-order chi connectivity index (χ0) is 7.15. The molecule has 48 valence electrons. The number of rotatable bonds is 0. The van der Waals surface area contributed by atoms with Gasteiger partial charge in [-0.25, -0.2) is 0 Å². The molecule has 0 aromatic carbocycles. The van der Waals surface area contributed by atoms with Crippen molar-refractivity contribution >= 4 is 37.7 Å². The normalized spacial score (nSPS) is 5.33. The molecule has 0 aliphatic heterocycles. The van der Waals surface area contributed by atoms with Crippen molar-refractivity contribution in [3.05, 3.63) is 20.2 Å². The van der Waals surface area contributed by atoms with Crippen molar-refractivity contribution in [1.82, 2.24) is 0 Å². The summed E-state index contributed by atoms with van der Waals surface area (Å²) in [6.07, 6.45) is 0. The Labute approximate surface area is 78.3 Å². The van der Waals surface area contributed by atoms with Crippen molar-refractivity contribution in [2.24, 2.45) is 0 Å². The fourth-order valence-electron chi connectivity index (χ4n) is 0. The molecule has 0 bridgehead atoms. The van der Waals surface area contributed by atoms with Gasteiger partial charge in [0.1, 0.15) is 0 Å². The summed E-state index contributed by atoms with van der Waals surface area (Å²) in [5.41, 5.74) is 0. The molecule has 0 aliphatic rings. The summed E-state index contributed by atoms with van der Waals surface area (Å²) in [5.74, 6) is 0. The van der Waals surface area contributed by atoms with Crippen molar-refractivity contribution in [2.75, 3.05) is 0 Å². The molecule has 0 fully saturated rings. The van der Waals surface area contributed by atoms with E-state index in [1.54, 1.807) is 0 Å². The van der Waals surface area contributed by atoms with Gasteiger partial charge >= 0.3 is 37.7 Å². The molecule has 0 spiro atoms. The third kappa shape index (κ3) is 2120. The molecular formula is H2CaN2O6+2. The van der Waals surface area contributed by atoms with E-state index in [-0.39, 0.29) is 37.7 Å². The Balaban J connectivity index is -0.0000000720. The van der Waals surface area contributed by atoms with Crippen LogP contribution in [-0.2, 0) is 0 Å². The molecule has 0 atom stereocenters. The van der Waals surface area contributed by atoms with Crippen molar-refractivity contribution in [1.29, 1.82) is 0 Å². The van der Waals surface area contributed by atoms with Gasteiger partial charge in [-0.1, -0.05) is 0 Å². The second-order valence-electron chi connectivity index (χ2n) is 0.476. The molecule has 0 aromatic rings. The van der Waals surface area contributed by atoms with E-state index < -0.39 is 10.2 Å². The Morgan fingerprint density at radius 2 is 1.00 bits per heavy atom. The minimum Gasteiger partial charge on any atom is -0.328 e. The summed E-state index contributed by atoms with van der Waals surface area (Å²) in [6.45, 7) is 0. The quantitative estimate of drug-likeness (QED) is 0.268. The summed E-state index contributed by atoms with van der Waals surface area (Å²) in [5, 5.41) is 27.3. The summed E-state index contributed by atoms with van der Waals surface area (Å²) in [7, 11) is 0. The van der Waals surface area contributed by atoms with Crippen molar-refractivity contribution < 1.29 is 20.6 Å². The zero-order valence-corrected chi connectivity index (χ0v) is 6.34. The van der Waals surface area contributed by atoms with Crippen LogP contribution in [0.4, 0.5) is 0 Å². The number of hydrogen-bond donors (Lipinski definition) is 2. The van der Waals surface area contributed by atoms with E-state index in [2.05, 4.69) is 0 Å². The molecule has 9 heavy (non-hydrogen) atoms. The van der Waals surface area contributed by atoms with Crippen molar-refractivity contribution in [2.45, 2.75) is 0 Å². The maximum Gasteiger partial charge on any atom is 2.00 e. The first-order valence-corrected chi connectivity index (χ1v) is 1.13. The molecule has 2 N–H and O–H groups in total. The standard InChI is InChI=1S/Ca.2HNO3/c;2*2-1(3)4/h;2*(H,2,3,4)/q+2;;. The van der Waals surface area contributed by atoms with Crippen LogP contribution in [0.1, 0.15) is 0 Å². The molecule has 0 radical (unpaired) electrons. The summed E-state index contributed by atoms with van der Waals surface area (Å²) in [6, 6.07) is 0. The van der Waals surface area contributed by atoms with Crippen LogP contribution in [0.5, 0.6) is 0 Å². The Bertz CT molecular complexity index is 69.1. The van der Waals surface area contributed by atoms with Crippen LogP contribution in [0.3, 0.4) is 0 Å². The van der Waals surface area contributed by atoms with Crippen molar-refractivity contribution in [3.63, 3.8) is 0 Å². The molecule has 0 saturated carbocycles. The molecule has 0 rings (SSSR count). The van der Waals surface area contributed by atoms with E-state index in [9.17, 15) is 0 Å². The molecule has 0 aromatic heterocycles. The van der Waals surface area contributed by atoms with Gasteiger partial charge < -0.3 is 10.4 Å². The first kappa shape index (κ1) is 15.9. The average Bonchev–Trinajstić information content (AvgIpc) is 1.25. The van der Waals surface area contributed by atoms with Crippen LogP contribution in [0.25, 0.3) is 0 Å². The molecule has 0 aliphatic carbocycles. The Kier molecular flexibility index (Phi) is 18.7. The Morgan fingerprint density at radius 1 is 1.00 bits per heavy atom. The van der Waals surface area contributed by atoms with Crippen molar-refractivity contribution in [3.8, 4) is 0 Å². The van der Waals surface area contributed by atoms with Gasteiger partial charge in [0.05, 0.1) is 0 Å². The fourth-order valence-corrected chi connectivity index (χ4v) is 0. The Hall–Kier alpha value is -0.340. The van der Waals surface area contributed by atoms with Gasteiger partial charge in [-0.15, -0.1) is 20.2 Å². The summed E-state index contributed by atoms with van der Waals surface area (Å²) >= 11 is 0. The topological polar surface area (TPSA) is 127 Å². The third-order valence-electron chi connectivity index (χ3n) is 0. The van der Waals surface area contributed by atoms with E-state index in [0.29, 0.717) is 0 Å². The predicted molar refractivity (Wildman–Crippen MR) is 23.3 cm³/mol. The van der Waals surface area contributed by atoms with Crippen LogP contribution in [0, 0.1) is 20.2 Å². The summed E-state index contributed by atoms with van der Waals surface area (Å²) in [4.78, 5) is 16.7. The van der Waals surface area contributed by atoms with E-state index >= 15 is 0 Å². The third-order valence-corrected chi connectivity index (χ3v) is 0.